The summed E-state index contributed by atoms with van der Waals surface area (Å²) >= 11 is 0. The summed E-state index contributed by atoms with van der Waals surface area (Å²) in [7, 11) is 1.67. The number of benzene rings is 1. The first-order chi connectivity index (χ1) is 15.9. The molecule has 0 aliphatic carbocycles. The van der Waals surface area contributed by atoms with E-state index in [1.807, 2.05) is 45.9 Å². The zero-order chi connectivity index (χ0) is 24.4. The number of aryl methyl sites for hydroxylation is 1. The summed E-state index contributed by atoms with van der Waals surface area (Å²) in [5.74, 6) is 0.760. The first kappa shape index (κ1) is 26.5. The van der Waals surface area contributed by atoms with Gasteiger partial charge in [-0.15, -0.1) is 0 Å². The van der Waals surface area contributed by atoms with Crippen LogP contribution < -0.4 is 4.74 Å². The average Bonchev–Trinajstić information content (AvgIpc) is 2.82. The largest absolute Gasteiger partial charge is 0.507 e. The van der Waals surface area contributed by atoms with Crippen molar-refractivity contribution in [1.29, 1.82) is 0 Å². The van der Waals surface area contributed by atoms with Gasteiger partial charge in [0, 0.05) is 24.9 Å². The molecule has 1 aromatic rings. The number of nitroso groups, excluding NO2 is 1. The van der Waals surface area contributed by atoms with Gasteiger partial charge in [-0.3, -0.25) is 9.79 Å². The molecule has 8 nitrogen and oxygen atoms in total. The number of carbonyl (C=O) groups excluding carboxylic acids is 1. The molecule has 0 radical (unpaired) electrons. The fourth-order valence-electron chi connectivity index (χ4n) is 3.99. The molecule has 1 aliphatic rings. The van der Waals surface area contributed by atoms with Gasteiger partial charge < -0.3 is 19.5 Å². The molecule has 1 unspecified atom stereocenters. The number of nitrogens with zero attached hydrogens (tertiary/aromatic N) is 3. The molecule has 2 rings (SSSR count). The minimum Gasteiger partial charge on any atom is -0.507 e. The molecule has 1 heterocycles. The lowest BCUT2D eigenvalue weighted by atomic mass is 9.96. The second-order valence-corrected chi connectivity index (χ2v) is 8.42. The highest BCUT2D eigenvalue weighted by Gasteiger charge is 2.31. The van der Waals surface area contributed by atoms with E-state index >= 15 is 0 Å². The van der Waals surface area contributed by atoms with Crippen LogP contribution in [0.5, 0.6) is 11.5 Å². The van der Waals surface area contributed by atoms with Crippen LogP contribution in [-0.2, 0) is 16.0 Å². The second kappa shape index (κ2) is 13.1. The van der Waals surface area contributed by atoms with Crippen molar-refractivity contribution in [3.63, 3.8) is 0 Å². The number of rotatable bonds is 11. The zero-order valence-electron chi connectivity index (χ0n) is 20.5. The van der Waals surface area contributed by atoms with Crippen molar-refractivity contribution < 1.29 is 19.4 Å². The van der Waals surface area contributed by atoms with E-state index in [9.17, 15) is 14.8 Å². The van der Waals surface area contributed by atoms with E-state index in [2.05, 4.69) is 10.2 Å². The molecule has 0 spiro atoms. The van der Waals surface area contributed by atoms with Gasteiger partial charge in [-0.2, -0.15) is 4.91 Å². The highest BCUT2D eigenvalue weighted by atomic mass is 16.5. The van der Waals surface area contributed by atoms with Crippen molar-refractivity contribution in [2.75, 3.05) is 40.0 Å². The molecular formula is C25H37N3O5. The van der Waals surface area contributed by atoms with Gasteiger partial charge in [-0.05, 0) is 43.7 Å². The van der Waals surface area contributed by atoms with Crippen LogP contribution >= 0.6 is 0 Å². The summed E-state index contributed by atoms with van der Waals surface area (Å²) in [4.78, 5) is 30.4. The van der Waals surface area contributed by atoms with Crippen LogP contribution in [0.1, 0.15) is 44.7 Å². The summed E-state index contributed by atoms with van der Waals surface area (Å²) in [6.45, 7) is 9.45. The maximum Gasteiger partial charge on any atom is 0.255 e. The number of ether oxygens (including phenoxy) is 2. The Hall–Kier alpha value is -2.74. The van der Waals surface area contributed by atoms with Gasteiger partial charge in [-0.25, -0.2) is 0 Å². The summed E-state index contributed by atoms with van der Waals surface area (Å²) in [5, 5.41) is 13.4. The Morgan fingerprint density at radius 1 is 1.39 bits per heavy atom. The molecule has 8 heteroatoms. The monoisotopic (exact) mass is 459 g/mol. The molecule has 1 saturated heterocycles. The van der Waals surface area contributed by atoms with Gasteiger partial charge in [0.25, 0.3) is 5.91 Å². The third kappa shape index (κ3) is 6.87. The molecular weight excluding hydrogens is 422 g/mol. The van der Waals surface area contributed by atoms with Crippen LogP contribution in [0.3, 0.4) is 0 Å². The molecule has 1 aliphatic heterocycles. The van der Waals surface area contributed by atoms with Gasteiger partial charge in [0.1, 0.15) is 18.1 Å². The summed E-state index contributed by atoms with van der Waals surface area (Å²) in [5.41, 5.74) is 2.80. The Morgan fingerprint density at radius 3 is 2.79 bits per heavy atom. The summed E-state index contributed by atoms with van der Waals surface area (Å²) in [6, 6.07) is 3.41. The molecule has 33 heavy (non-hydrogen) atoms. The normalized spacial score (nSPS) is 18.2. The highest BCUT2D eigenvalue weighted by molar-refractivity contribution is 6.21. The lowest BCUT2D eigenvalue weighted by Gasteiger charge is -2.36. The van der Waals surface area contributed by atoms with Gasteiger partial charge in [0.2, 0.25) is 0 Å². The highest BCUT2D eigenvalue weighted by Crippen LogP contribution is 2.31. The molecule has 1 amide bonds. The zero-order valence-corrected chi connectivity index (χ0v) is 20.5. The number of aliphatic imine (C=N–C) groups is 1. The number of allylic oxidation sites excluding steroid dienone is 1. The van der Waals surface area contributed by atoms with Crippen molar-refractivity contribution in [2.24, 2.45) is 16.1 Å². The van der Waals surface area contributed by atoms with Crippen molar-refractivity contribution in [3.05, 3.63) is 39.8 Å². The lowest BCUT2D eigenvalue weighted by molar-refractivity contribution is -0.136. The van der Waals surface area contributed by atoms with Crippen LogP contribution in [-0.4, -0.2) is 67.6 Å². The van der Waals surface area contributed by atoms with Gasteiger partial charge in [0.05, 0.1) is 31.4 Å². The predicted octanol–water partition coefficient (Wildman–Crippen LogP) is 4.07. The molecule has 0 bridgehead atoms. The Labute approximate surface area is 196 Å². The Bertz CT molecular complexity index is 881. The number of amides is 1. The van der Waals surface area contributed by atoms with Crippen LogP contribution in [0.15, 0.2) is 34.0 Å². The topological polar surface area (TPSA) is 101 Å². The molecule has 182 valence electrons. The van der Waals surface area contributed by atoms with Gasteiger partial charge >= 0.3 is 0 Å². The van der Waals surface area contributed by atoms with Crippen LogP contribution in [0.25, 0.3) is 0 Å². The Balaban J connectivity index is 2.22. The van der Waals surface area contributed by atoms with Crippen molar-refractivity contribution in [1.82, 2.24) is 4.90 Å². The number of morpholine rings is 1. The average molecular weight is 460 g/mol. The fourth-order valence-corrected chi connectivity index (χ4v) is 3.99. The van der Waals surface area contributed by atoms with Crippen LogP contribution in [0, 0.1) is 17.7 Å². The van der Waals surface area contributed by atoms with Gasteiger partial charge in [0.15, 0.2) is 0 Å². The third-order valence-electron chi connectivity index (χ3n) is 5.86. The SMILES string of the molecule is CC/C=C(/C(=O)N1CCOC[C@H]1COc1ccc(C)c(O)c1CC)C(CC(C)CN=O)=NC. The Kier molecular flexibility index (Phi) is 10.5. The van der Waals surface area contributed by atoms with E-state index in [0.717, 1.165) is 11.1 Å². The standard InChI is InChI=1S/C25H37N3O5/c1-6-8-21(22(26-5)13-17(3)14-27-31)25(30)28-11-12-32-15-19(28)16-33-23-10-9-18(4)24(29)20(23)7-2/h8-10,17,19,29H,6-7,11-16H2,1-5H3/b21-8+,26-22?/t17?,19-/m0/s1. The predicted molar refractivity (Wildman–Crippen MR) is 130 cm³/mol. The van der Waals surface area contributed by atoms with E-state index in [1.165, 1.54) is 0 Å². The van der Waals surface area contributed by atoms with Crippen molar-refractivity contribution >= 4 is 11.6 Å². The summed E-state index contributed by atoms with van der Waals surface area (Å²) < 4.78 is 11.7. The van der Waals surface area contributed by atoms with E-state index in [1.54, 1.807) is 11.9 Å². The smallest absolute Gasteiger partial charge is 0.255 e. The quantitative estimate of drug-likeness (QED) is 0.305. The molecule has 1 fully saturated rings. The number of aromatic hydroxyl groups is 1. The summed E-state index contributed by atoms with van der Waals surface area (Å²) in [6.07, 6.45) is 3.73. The minimum atomic E-state index is -0.271. The number of hydrogen-bond donors (Lipinski definition) is 1. The number of phenols is 1. The van der Waals surface area contributed by atoms with E-state index in [-0.39, 0.29) is 36.8 Å². The van der Waals surface area contributed by atoms with Gasteiger partial charge in [-0.1, -0.05) is 38.1 Å². The number of phenolic OH excluding ortho intramolecular Hbond substituents is 1. The fraction of sp³-hybridized carbons (Fsp3) is 0.600. The maximum atomic E-state index is 13.6. The second-order valence-electron chi connectivity index (χ2n) is 8.42. The molecule has 1 aromatic carbocycles. The van der Waals surface area contributed by atoms with E-state index < -0.39 is 0 Å². The third-order valence-corrected chi connectivity index (χ3v) is 5.86. The van der Waals surface area contributed by atoms with Crippen molar-refractivity contribution in [2.45, 2.75) is 53.0 Å². The number of carbonyl (C=O) groups is 1. The number of hydrogen-bond acceptors (Lipinski definition) is 7. The minimum absolute atomic E-state index is 0.000227. The van der Waals surface area contributed by atoms with Crippen molar-refractivity contribution in [3.8, 4) is 11.5 Å². The molecule has 0 aromatic heterocycles. The molecule has 1 N–H and O–H groups in total. The first-order valence-electron chi connectivity index (χ1n) is 11.7. The van der Waals surface area contributed by atoms with E-state index in [0.29, 0.717) is 56.1 Å². The van der Waals surface area contributed by atoms with Crippen LogP contribution in [0.2, 0.25) is 0 Å². The van der Waals surface area contributed by atoms with E-state index in [4.69, 9.17) is 9.47 Å². The lowest BCUT2D eigenvalue weighted by Crippen LogP contribution is -2.52. The molecule has 0 saturated carbocycles. The first-order valence-corrected chi connectivity index (χ1v) is 11.7. The Morgan fingerprint density at radius 2 is 2.15 bits per heavy atom. The molecule has 2 atom stereocenters. The van der Waals surface area contributed by atoms with Crippen LogP contribution in [0.4, 0.5) is 0 Å². The maximum absolute atomic E-state index is 13.6.